The van der Waals surface area contributed by atoms with E-state index < -0.39 is 5.60 Å². The van der Waals surface area contributed by atoms with Crippen LogP contribution < -0.4 is 0 Å². The Morgan fingerprint density at radius 3 is 2.31 bits per heavy atom. The minimum Gasteiger partial charge on any atom is -0.390 e. The van der Waals surface area contributed by atoms with Crippen molar-refractivity contribution in [3.05, 3.63) is 24.3 Å². The average Bonchev–Trinajstić information content (AvgIpc) is 2.03. The molecule has 0 aliphatic heterocycles. The van der Waals surface area contributed by atoms with E-state index >= 15 is 0 Å². The van der Waals surface area contributed by atoms with E-state index in [1.807, 2.05) is 13.8 Å². The minimum absolute atomic E-state index is 0.329. The molecule has 1 heteroatoms. The van der Waals surface area contributed by atoms with Crippen molar-refractivity contribution in [2.75, 3.05) is 0 Å². The van der Waals surface area contributed by atoms with Gasteiger partial charge >= 0.3 is 0 Å². The first-order valence-corrected chi connectivity index (χ1v) is 4.95. The highest BCUT2D eigenvalue weighted by atomic mass is 16.3. The molecule has 0 amide bonds. The predicted octanol–water partition coefficient (Wildman–Crippen LogP) is 2.92. The van der Waals surface area contributed by atoms with E-state index in [0.29, 0.717) is 11.8 Å². The van der Waals surface area contributed by atoms with Gasteiger partial charge in [0.15, 0.2) is 0 Å². The third-order valence-electron chi connectivity index (χ3n) is 2.97. The summed E-state index contributed by atoms with van der Waals surface area (Å²) in [7, 11) is 0. The quantitative estimate of drug-likeness (QED) is 0.648. The molecule has 0 saturated carbocycles. The Kier molecular flexibility index (Phi) is 2.97. The summed E-state index contributed by atoms with van der Waals surface area (Å²) in [5.41, 5.74) is 0.602. The van der Waals surface area contributed by atoms with Crippen LogP contribution in [-0.4, -0.2) is 10.7 Å². The molecule has 0 fully saturated rings. The molecule has 0 aromatic carbocycles. The number of hydrogen-bond donors (Lipinski definition) is 1. The monoisotopic (exact) mass is 180 g/mol. The SMILES string of the molecule is C=C(C)C1CC=CCC1C(C)(C)O. The normalized spacial score (nSPS) is 28.9. The van der Waals surface area contributed by atoms with E-state index in [4.69, 9.17) is 0 Å². The van der Waals surface area contributed by atoms with Gasteiger partial charge in [-0.3, -0.25) is 0 Å². The fraction of sp³-hybridized carbons (Fsp3) is 0.667. The van der Waals surface area contributed by atoms with Gasteiger partial charge in [-0.2, -0.15) is 0 Å². The van der Waals surface area contributed by atoms with Crippen molar-refractivity contribution < 1.29 is 5.11 Å². The summed E-state index contributed by atoms with van der Waals surface area (Å²) in [5.74, 6) is 0.778. The molecular weight excluding hydrogens is 160 g/mol. The van der Waals surface area contributed by atoms with E-state index in [2.05, 4.69) is 25.7 Å². The van der Waals surface area contributed by atoms with Crippen molar-refractivity contribution in [3.63, 3.8) is 0 Å². The minimum atomic E-state index is -0.589. The van der Waals surface area contributed by atoms with Crippen molar-refractivity contribution in [1.82, 2.24) is 0 Å². The van der Waals surface area contributed by atoms with Crippen molar-refractivity contribution in [2.24, 2.45) is 11.8 Å². The van der Waals surface area contributed by atoms with E-state index in [0.717, 1.165) is 12.8 Å². The fourth-order valence-corrected chi connectivity index (χ4v) is 2.14. The highest BCUT2D eigenvalue weighted by Gasteiger charge is 2.34. The number of aliphatic hydroxyl groups is 1. The number of hydrogen-bond acceptors (Lipinski definition) is 1. The van der Waals surface area contributed by atoms with Crippen LogP contribution in [0.2, 0.25) is 0 Å². The smallest absolute Gasteiger partial charge is 0.0628 e. The van der Waals surface area contributed by atoms with Crippen LogP contribution in [0, 0.1) is 11.8 Å². The van der Waals surface area contributed by atoms with Gasteiger partial charge in [0.2, 0.25) is 0 Å². The summed E-state index contributed by atoms with van der Waals surface area (Å²) in [6.45, 7) is 9.85. The molecular formula is C12H20O. The van der Waals surface area contributed by atoms with E-state index in [9.17, 15) is 5.11 Å². The molecule has 1 aliphatic carbocycles. The third kappa shape index (κ3) is 2.44. The molecule has 13 heavy (non-hydrogen) atoms. The molecule has 2 atom stereocenters. The van der Waals surface area contributed by atoms with Crippen LogP contribution in [0.1, 0.15) is 33.6 Å². The molecule has 0 aromatic heterocycles. The molecule has 74 valence electrons. The van der Waals surface area contributed by atoms with Crippen LogP contribution in [0.25, 0.3) is 0 Å². The van der Waals surface area contributed by atoms with Crippen LogP contribution in [0.3, 0.4) is 0 Å². The Labute approximate surface area is 81.2 Å². The third-order valence-corrected chi connectivity index (χ3v) is 2.97. The lowest BCUT2D eigenvalue weighted by atomic mass is 9.71. The lowest BCUT2D eigenvalue weighted by molar-refractivity contribution is -0.00390. The van der Waals surface area contributed by atoms with Gasteiger partial charge in [-0.1, -0.05) is 24.3 Å². The second-order valence-corrected chi connectivity index (χ2v) is 4.66. The summed E-state index contributed by atoms with van der Waals surface area (Å²) >= 11 is 0. The van der Waals surface area contributed by atoms with E-state index in [-0.39, 0.29) is 0 Å². The molecule has 1 aliphatic rings. The first kappa shape index (κ1) is 10.5. The van der Waals surface area contributed by atoms with Crippen molar-refractivity contribution in [2.45, 2.75) is 39.2 Å². The fourth-order valence-electron chi connectivity index (χ4n) is 2.14. The van der Waals surface area contributed by atoms with Crippen LogP contribution in [0.4, 0.5) is 0 Å². The zero-order chi connectivity index (χ0) is 10.1. The second kappa shape index (κ2) is 3.67. The summed E-state index contributed by atoms with van der Waals surface area (Å²) < 4.78 is 0. The first-order chi connectivity index (χ1) is 5.93. The zero-order valence-electron chi connectivity index (χ0n) is 8.88. The second-order valence-electron chi connectivity index (χ2n) is 4.66. The molecule has 0 heterocycles. The van der Waals surface area contributed by atoms with Gasteiger partial charge in [-0.25, -0.2) is 0 Å². The number of rotatable bonds is 2. The molecule has 0 saturated heterocycles. The molecule has 0 radical (unpaired) electrons. The lowest BCUT2D eigenvalue weighted by Gasteiger charge is -2.37. The predicted molar refractivity (Wildman–Crippen MR) is 56.5 cm³/mol. The van der Waals surface area contributed by atoms with Crippen molar-refractivity contribution >= 4 is 0 Å². The number of allylic oxidation sites excluding steroid dienone is 3. The maximum Gasteiger partial charge on any atom is 0.0628 e. The van der Waals surface area contributed by atoms with Gasteiger partial charge < -0.3 is 5.11 Å². The van der Waals surface area contributed by atoms with Gasteiger partial charge in [-0.15, -0.1) is 0 Å². The Balaban J connectivity index is 2.81. The topological polar surface area (TPSA) is 20.2 Å². The zero-order valence-corrected chi connectivity index (χ0v) is 8.88. The van der Waals surface area contributed by atoms with Crippen LogP contribution in [0.15, 0.2) is 24.3 Å². The standard InChI is InChI=1S/C12H20O/c1-9(2)10-7-5-6-8-11(10)12(3,4)13/h5-6,10-11,13H,1,7-8H2,2-4H3. The summed E-state index contributed by atoms with van der Waals surface area (Å²) in [5, 5.41) is 9.99. The maximum absolute atomic E-state index is 9.99. The largest absolute Gasteiger partial charge is 0.390 e. The molecule has 0 bridgehead atoms. The molecule has 0 aromatic rings. The van der Waals surface area contributed by atoms with Gasteiger partial charge in [0.05, 0.1) is 5.60 Å². The van der Waals surface area contributed by atoms with Crippen LogP contribution in [0.5, 0.6) is 0 Å². The van der Waals surface area contributed by atoms with Gasteiger partial charge in [0.1, 0.15) is 0 Å². The van der Waals surface area contributed by atoms with E-state index in [1.54, 1.807) is 0 Å². The molecule has 0 spiro atoms. The Bertz CT molecular complexity index is 220. The molecule has 1 nitrogen and oxygen atoms in total. The van der Waals surface area contributed by atoms with Crippen molar-refractivity contribution in [1.29, 1.82) is 0 Å². The highest BCUT2D eigenvalue weighted by molar-refractivity contribution is 5.10. The molecule has 2 unspecified atom stereocenters. The molecule has 1 N–H and O–H groups in total. The summed E-state index contributed by atoms with van der Waals surface area (Å²) in [4.78, 5) is 0. The summed E-state index contributed by atoms with van der Waals surface area (Å²) in [6, 6.07) is 0. The first-order valence-electron chi connectivity index (χ1n) is 4.95. The summed E-state index contributed by atoms with van der Waals surface area (Å²) in [6.07, 6.45) is 6.37. The Morgan fingerprint density at radius 1 is 1.38 bits per heavy atom. The van der Waals surface area contributed by atoms with Gasteiger partial charge in [0, 0.05) is 0 Å². The van der Waals surface area contributed by atoms with Gasteiger partial charge in [0.25, 0.3) is 0 Å². The molecule has 1 rings (SSSR count). The highest BCUT2D eigenvalue weighted by Crippen LogP contribution is 2.37. The van der Waals surface area contributed by atoms with E-state index in [1.165, 1.54) is 5.57 Å². The van der Waals surface area contributed by atoms with Crippen LogP contribution in [-0.2, 0) is 0 Å². The Hall–Kier alpha value is -0.560. The van der Waals surface area contributed by atoms with Crippen LogP contribution >= 0.6 is 0 Å². The Morgan fingerprint density at radius 2 is 1.92 bits per heavy atom. The lowest BCUT2D eigenvalue weighted by Crippen LogP contribution is -2.37. The average molecular weight is 180 g/mol. The maximum atomic E-state index is 9.99. The van der Waals surface area contributed by atoms with Gasteiger partial charge in [-0.05, 0) is 45.4 Å². The van der Waals surface area contributed by atoms with Crippen molar-refractivity contribution in [3.8, 4) is 0 Å².